The number of pyridine rings is 2. The highest BCUT2D eigenvalue weighted by molar-refractivity contribution is 7.15. The number of ether oxygens (including phenoxy) is 3. The van der Waals surface area contributed by atoms with E-state index in [4.69, 9.17) is 24.2 Å². The summed E-state index contributed by atoms with van der Waals surface area (Å²) in [5.41, 5.74) is 4.13. The largest absolute Gasteiger partial charge is 0.472 e. The van der Waals surface area contributed by atoms with E-state index in [1.54, 1.807) is 17.4 Å². The first-order valence-corrected chi connectivity index (χ1v) is 15.6. The van der Waals surface area contributed by atoms with E-state index in [-0.39, 0.29) is 6.10 Å². The fourth-order valence-electron chi connectivity index (χ4n) is 5.84. The quantitative estimate of drug-likeness (QED) is 0.176. The van der Waals surface area contributed by atoms with Gasteiger partial charge in [-0.05, 0) is 80.4 Å². The molecular formula is C33H33N5O4S. The maximum Gasteiger partial charge on any atom is 0.298 e. The van der Waals surface area contributed by atoms with E-state index in [2.05, 4.69) is 32.7 Å². The Morgan fingerprint density at radius 1 is 1.00 bits per heavy atom. The average Bonchev–Trinajstić information content (AvgIpc) is 3.63. The number of piperidine rings is 1. The van der Waals surface area contributed by atoms with Gasteiger partial charge in [-0.3, -0.25) is 14.7 Å². The Bertz CT molecular complexity index is 1690. The number of carbonyl (C=O) groups excluding carboxylic acids is 1. The molecule has 43 heavy (non-hydrogen) atoms. The fraction of sp³-hybridized carbons (Fsp3) is 0.333. The summed E-state index contributed by atoms with van der Waals surface area (Å²) in [5.74, 6) is 2.60. The van der Waals surface area contributed by atoms with E-state index < -0.39 is 0 Å². The second-order valence-corrected chi connectivity index (χ2v) is 12.2. The summed E-state index contributed by atoms with van der Waals surface area (Å²) in [6.45, 7) is 5.21. The zero-order valence-corrected chi connectivity index (χ0v) is 24.6. The number of thiophene rings is 1. The first kappa shape index (κ1) is 27.7. The van der Waals surface area contributed by atoms with Gasteiger partial charge >= 0.3 is 0 Å². The zero-order chi connectivity index (χ0) is 29.0. The van der Waals surface area contributed by atoms with Crippen molar-refractivity contribution in [3.8, 4) is 22.1 Å². The molecular weight excluding hydrogens is 562 g/mol. The Labute approximate surface area is 254 Å². The van der Waals surface area contributed by atoms with E-state index in [1.807, 2.05) is 48.8 Å². The molecule has 2 aliphatic rings. The normalized spacial score (nSPS) is 17.5. The Balaban J connectivity index is 0.977. The van der Waals surface area contributed by atoms with Crippen LogP contribution in [0.3, 0.4) is 0 Å². The van der Waals surface area contributed by atoms with Crippen LogP contribution in [0.5, 0.6) is 11.6 Å². The van der Waals surface area contributed by atoms with Crippen molar-refractivity contribution in [2.45, 2.75) is 51.0 Å². The molecule has 6 heterocycles. The molecule has 4 aromatic heterocycles. The summed E-state index contributed by atoms with van der Waals surface area (Å²) in [5, 5.41) is 0. The molecule has 1 atom stereocenters. The van der Waals surface area contributed by atoms with Gasteiger partial charge in [0.2, 0.25) is 5.88 Å². The number of nitrogens with zero attached hydrogens (tertiary/aromatic N) is 5. The lowest BCUT2D eigenvalue weighted by Gasteiger charge is -2.32. The second-order valence-electron chi connectivity index (χ2n) is 11.0. The van der Waals surface area contributed by atoms with Crippen LogP contribution in [-0.4, -0.2) is 56.7 Å². The maximum atomic E-state index is 10.9. The molecule has 2 aliphatic heterocycles. The number of benzene rings is 1. The summed E-state index contributed by atoms with van der Waals surface area (Å²) in [6.07, 6.45) is 6.93. The van der Waals surface area contributed by atoms with Gasteiger partial charge in [0.25, 0.3) is 6.47 Å². The van der Waals surface area contributed by atoms with Gasteiger partial charge in [0, 0.05) is 52.5 Å². The highest BCUT2D eigenvalue weighted by Gasteiger charge is 2.26. The van der Waals surface area contributed by atoms with Gasteiger partial charge in [0.15, 0.2) is 0 Å². The molecule has 220 valence electrons. The van der Waals surface area contributed by atoms with E-state index in [0.29, 0.717) is 30.6 Å². The van der Waals surface area contributed by atoms with Gasteiger partial charge in [0.1, 0.15) is 18.2 Å². The number of fused-ring (bicyclic) bond motifs is 1. The van der Waals surface area contributed by atoms with Crippen LogP contribution in [0.25, 0.3) is 21.5 Å². The topological polar surface area (TPSA) is 91.6 Å². The molecule has 0 amide bonds. The van der Waals surface area contributed by atoms with Crippen LogP contribution in [0.4, 0.5) is 0 Å². The third-order valence-electron chi connectivity index (χ3n) is 8.27. The molecule has 2 fully saturated rings. The standard InChI is InChI=1S/C33H33N5O4S/c39-22-42-25-4-6-29-30(18-25)38(19-26-12-17-40-26)32(35-29)20-37-15-10-23(11-16-37)28-2-1-3-33(36-28)41-21-27-5-7-31(43-27)24-8-13-34-14-9-24/h1-9,13-14,18,22-23,26H,10-12,15-17,19-21H2/t26-/m0/s1. The molecule has 0 unspecified atom stereocenters. The molecule has 7 rings (SSSR count). The van der Waals surface area contributed by atoms with Gasteiger partial charge in [-0.1, -0.05) is 6.07 Å². The molecule has 0 radical (unpaired) electrons. The predicted octanol–water partition coefficient (Wildman–Crippen LogP) is 5.84. The SMILES string of the molecule is O=COc1ccc2nc(CN3CCC(c4cccc(OCc5ccc(-c6ccncc6)s5)n4)CC3)n(C[C@@H]3CCO3)c2c1. The minimum absolute atomic E-state index is 0.196. The summed E-state index contributed by atoms with van der Waals surface area (Å²) in [6, 6.07) is 20.0. The van der Waals surface area contributed by atoms with Gasteiger partial charge in [-0.2, -0.15) is 0 Å². The van der Waals surface area contributed by atoms with Crippen LogP contribution in [0.15, 0.2) is 73.1 Å². The van der Waals surface area contributed by atoms with Crippen molar-refractivity contribution in [1.29, 1.82) is 0 Å². The third-order valence-corrected chi connectivity index (χ3v) is 9.38. The van der Waals surface area contributed by atoms with Crippen LogP contribution < -0.4 is 9.47 Å². The number of carbonyl (C=O) groups is 1. The molecule has 10 heteroatoms. The summed E-state index contributed by atoms with van der Waals surface area (Å²) >= 11 is 1.73. The molecule has 0 bridgehead atoms. The van der Waals surface area contributed by atoms with Crippen LogP contribution in [-0.2, 0) is 29.2 Å². The first-order valence-electron chi connectivity index (χ1n) is 14.7. The second kappa shape index (κ2) is 12.6. The molecule has 9 nitrogen and oxygen atoms in total. The summed E-state index contributed by atoms with van der Waals surface area (Å²) in [4.78, 5) is 29.7. The van der Waals surface area contributed by atoms with Gasteiger partial charge in [-0.25, -0.2) is 9.97 Å². The molecule has 0 spiro atoms. The number of imidazole rings is 1. The van der Waals surface area contributed by atoms with Crippen LogP contribution in [0, 0.1) is 0 Å². The van der Waals surface area contributed by atoms with E-state index in [1.165, 1.54) is 10.4 Å². The number of rotatable bonds is 11. The minimum Gasteiger partial charge on any atom is -0.472 e. The average molecular weight is 596 g/mol. The lowest BCUT2D eigenvalue weighted by atomic mass is 9.93. The number of hydrogen-bond donors (Lipinski definition) is 0. The lowest BCUT2D eigenvalue weighted by Crippen LogP contribution is -2.35. The highest BCUT2D eigenvalue weighted by atomic mass is 32.1. The smallest absolute Gasteiger partial charge is 0.298 e. The highest BCUT2D eigenvalue weighted by Crippen LogP contribution is 2.31. The molecule has 1 aromatic carbocycles. The van der Waals surface area contributed by atoms with Crippen LogP contribution in [0.2, 0.25) is 0 Å². The Morgan fingerprint density at radius 2 is 1.86 bits per heavy atom. The van der Waals surface area contributed by atoms with Crippen molar-refractivity contribution >= 4 is 28.8 Å². The van der Waals surface area contributed by atoms with Crippen molar-refractivity contribution in [3.63, 3.8) is 0 Å². The molecule has 0 aliphatic carbocycles. The molecule has 0 N–H and O–H groups in total. The van der Waals surface area contributed by atoms with Gasteiger partial charge in [0.05, 0.1) is 30.2 Å². The van der Waals surface area contributed by atoms with Gasteiger partial charge in [-0.15, -0.1) is 11.3 Å². The van der Waals surface area contributed by atoms with Crippen LogP contribution in [0.1, 0.15) is 41.6 Å². The predicted molar refractivity (Wildman–Crippen MR) is 164 cm³/mol. The number of hydrogen-bond acceptors (Lipinski definition) is 9. The van der Waals surface area contributed by atoms with Crippen molar-refractivity contribution < 1.29 is 19.0 Å². The first-order chi connectivity index (χ1) is 21.2. The Morgan fingerprint density at radius 3 is 2.65 bits per heavy atom. The molecule has 5 aromatic rings. The monoisotopic (exact) mass is 595 g/mol. The van der Waals surface area contributed by atoms with Gasteiger partial charge < -0.3 is 18.8 Å². The van der Waals surface area contributed by atoms with Crippen molar-refractivity contribution in [1.82, 2.24) is 24.4 Å². The number of likely N-dealkylation sites (tertiary alicyclic amines) is 1. The third kappa shape index (κ3) is 6.31. The van der Waals surface area contributed by atoms with Crippen LogP contribution >= 0.6 is 11.3 Å². The maximum absolute atomic E-state index is 10.9. The Kier molecular flexibility index (Phi) is 8.13. The fourth-order valence-corrected chi connectivity index (χ4v) is 6.76. The zero-order valence-electron chi connectivity index (χ0n) is 23.8. The van der Waals surface area contributed by atoms with E-state index in [9.17, 15) is 4.79 Å². The van der Waals surface area contributed by atoms with Crippen molar-refractivity contribution in [2.75, 3.05) is 19.7 Å². The van der Waals surface area contributed by atoms with Crippen molar-refractivity contribution in [3.05, 3.63) is 89.5 Å². The number of aromatic nitrogens is 4. The molecule has 0 saturated carbocycles. The summed E-state index contributed by atoms with van der Waals surface area (Å²) in [7, 11) is 0. The lowest BCUT2D eigenvalue weighted by molar-refractivity contribution is -0.120. The van der Waals surface area contributed by atoms with Crippen molar-refractivity contribution in [2.24, 2.45) is 0 Å². The van der Waals surface area contributed by atoms with E-state index in [0.717, 1.165) is 79.5 Å². The molecule has 2 saturated heterocycles. The Hall–Kier alpha value is -4.12. The van der Waals surface area contributed by atoms with E-state index >= 15 is 0 Å². The minimum atomic E-state index is 0.196. The summed E-state index contributed by atoms with van der Waals surface area (Å²) < 4.78 is 19.2.